The zero-order valence-electron chi connectivity index (χ0n) is 10.1. The fourth-order valence-corrected chi connectivity index (χ4v) is 2.57. The van der Waals surface area contributed by atoms with Crippen molar-refractivity contribution in [2.45, 2.75) is 44.9 Å². The Morgan fingerprint density at radius 1 is 1.18 bits per heavy atom. The minimum absolute atomic E-state index is 0.0561. The van der Waals surface area contributed by atoms with Crippen LogP contribution in [-0.4, -0.2) is 35.2 Å². The molecule has 1 saturated carbocycles. The van der Waals surface area contributed by atoms with E-state index in [-0.39, 0.29) is 24.3 Å². The molecule has 5 nitrogen and oxygen atoms in total. The Morgan fingerprint density at radius 3 is 2.35 bits per heavy atom. The molecule has 0 aromatic rings. The summed E-state index contributed by atoms with van der Waals surface area (Å²) in [4.78, 5) is 22.5. The maximum Gasteiger partial charge on any atom is 0.303 e. The molecule has 1 aliphatic rings. The Balaban J connectivity index is 2.43. The molecular formula is C12H21NO4. The van der Waals surface area contributed by atoms with Crippen molar-refractivity contribution in [1.29, 1.82) is 0 Å². The van der Waals surface area contributed by atoms with Crippen molar-refractivity contribution >= 4 is 11.9 Å². The van der Waals surface area contributed by atoms with Crippen molar-refractivity contribution in [1.82, 2.24) is 5.32 Å². The van der Waals surface area contributed by atoms with Gasteiger partial charge in [0.1, 0.15) is 0 Å². The van der Waals surface area contributed by atoms with Crippen LogP contribution in [0.4, 0.5) is 0 Å². The van der Waals surface area contributed by atoms with E-state index in [4.69, 9.17) is 10.2 Å². The molecule has 1 rings (SSSR count). The Kier molecular flexibility index (Phi) is 5.41. The van der Waals surface area contributed by atoms with Crippen LogP contribution in [0.3, 0.4) is 0 Å². The molecule has 1 amide bonds. The molecule has 0 atom stereocenters. The highest BCUT2D eigenvalue weighted by atomic mass is 16.4. The number of aliphatic hydroxyl groups is 1. The third kappa shape index (κ3) is 4.73. The van der Waals surface area contributed by atoms with E-state index in [0.29, 0.717) is 19.4 Å². The predicted octanol–water partition coefficient (Wildman–Crippen LogP) is 0.910. The monoisotopic (exact) mass is 243 g/mol. The standard InChI is InChI=1S/C12H21NO4/c14-7-3-6-13-10(15)8-12(9-11(16)17)4-1-2-5-12/h14H,1-9H2,(H,13,15)(H,16,17). The first-order valence-electron chi connectivity index (χ1n) is 6.17. The van der Waals surface area contributed by atoms with Gasteiger partial charge in [0.15, 0.2) is 0 Å². The van der Waals surface area contributed by atoms with Gasteiger partial charge in [-0.15, -0.1) is 0 Å². The smallest absolute Gasteiger partial charge is 0.303 e. The summed E-state index contributed by atoms with van der Waals surface area (Å²) in [7, 11) is 0. The highest BCUT2D eigenvalue weighted by Gasteiger charge is 2.37. The lowest BCUT2D eigenvalue weighted by molar-refractivity contribution is -0.140. The molecule has 0 heterocycles. The summed E-state index contributed by atoms with van der Waals surface area (Å²) < 4.78 is 0. The van der Waals surface area contributed by atoms with Gasteiger partial charge in [0.05, 0.1) is 6.42 Å². The normalized spacial score (nSPS) is 17.9. The van der Waals surface area contributed by atoms with Crippen molar-refractivity contribution in [2.75, 3.05) is 13.2 Å². The number of carbonyl (C=O) groups is 2. The van der Waals surface area contributed by atoms with Crippen LogP contribution in [0, 0.1) is 5.41 Å². The molecule has 17 heavy (non-hydrogen) atoms. The summed E-state index contributed by atoms with van der Waals surface area (Å²) in [5, 5.41) is 20.2. The third-order valence-corrected chi connectivity index (χ3v) is 3.38. The maximum atomic E-state index is 11.7. The predicted molar refractivity (Wildman–Crippen MR) is 62.5 cm³/mol. The molecule has 1 fully saturated rings. The second-order valence-electron chi connectivity index (χ2n) is 4.88. The van der Waals surface area contributed by atoms with E-state index in [0.717, 1.165) is 25.7 Å². The third-order valence-electron chi connectivity index (χ3n) is 3.38. The van der Waals surface area contributed by atoms with Crippen LogP contribution in [-0.2, 0) is 9.59 Å². The van der Waals surface area contributed by atoms with Crippen LogP contribution >= 0.6 is 0 Å². The molecule has 1 aliphatic carbocycles. The number of aliphatic hydroxyl groups excluding tert-OH is 1. The number of hydrogen-bond acceptors (Lipinski definition) is 3. The Bertz CT molecular complexity index is 272. The van der Waals surface area contributed by atoms with Gasteiger partial charge in [-0.1, -0.05) is 12.8 Å². The van der Waals surface area contributed by atoms with Gasteiger partial charge in [-0.3, -0.25) is 9.59 Å². The maximum absolute atomic E-state index is 11.7. The Morgan fingerprint density at radius 2 is 1.82 bits per heavy atom. The lowest BCUT2D eigenvalue weighted by Crippen LogP contribution is -2.32. The molecular weight excluding hydrogens is 222 g/mol. The molecule has 0 bridgehead atoms. The van der Waals surface area contributed by atoms with Gasteiger partial charge < -0.3 is 15.5 Å². The second-order valence-corrected chi connectivity index (χ2v) is 4.88. The lowest BCUT2D eigenvalue weighted by Gasteiger charge is -2.26. The number of amides is 1. The van der Waals surface area contributed by atoms with Gasteiger partial charge >= 0.3 is 5.97 Å². The first kappa shape index (κ1) is 14.0. The van der Waals surface area contributed by atoms with Crippen molar-refractivity contribution in [3.05, 3.63) is 0 Å². The van der Waals surface area contributed by atoms with Gasteiger partial charge in [-0.05, 0) is 24.7 Å². The van der Waals surface area contributed by atoms with Crippen molar-refractivity contribution in [3.63, 3.8) is 0 Å². The molecule has 0 radical (unpaired) electrons. The molecule has 3 N–H and O–H groups in total. The zero-order chi connectivity index (χ0) is 12.7. The van der Waals surface area contributed by atoms with E-state index in [1.165, 1.54) is 0 Å². The quantitative estimate of drug-likeness (QED) is 0.580. The molecule has 0 aromatic heterocycles. The van der Waals surface area contributed by atoms with Gasteiger partial charge in [0.2, 0.25) is 5.91 Å². The summed E-state index contributed by atoms with van der Waals surface area (Å²) in [6, 6.07) is 0. The molecule has 0 aromatic carbocycles. The largest absolute Gasteiger partial charge is 0.481 e. The fourth-order valence-electron chi connectivity index (χ4n) is 2.57. The lowest BCUT2D eigenvalue weighted by atomic mass is 9.79. The second kappa shape index (κ2) is 6.59. The summed E-state index contributed by atoms with van der Waals surface area (Å²) in [5.41, 5.74) is -0.338. The number of rotatable bonds is 7. The minimum atomic E-state index is -0.824. The van der Waals surface area contributed by atoms with Crippen LogP contribution in [0.15, 0.2) is 0 Å². The highest BCUT2D eigenvalue weighted by molar-refractivity contribution is 5.78. The fraction of sp³-hybridized carbons (Fsp3) is 0.833. The van der Waals surface area contributed by atoms with Crippen molar-refractivity contribution in [2.24, 2.45) is 5.41 Å². The van der Waals surface area contributed by atoms with Crippen molar-refractivity contribution in [3.8, 4) is 0 Å². The van der Waals surface area contributed by atoms with Crippen LogP contribution in [0.2, 0.25) is 0 Å². The molecule has 0 aliphatic heterocycles. The van der Waals surface area contributed by atoms with E-state index in [2.05, 4.69) is 5.32 Å². The molecule has 0 spiro atoms. The van der Waals surface area contributed by atoms with E-state index in [9.17, 15) is 9.59 Å². The van der Waals surface area contributed by atoms with E-state index in [1.807, 2.05) is 0 Å². The number of carbonyl (C=O) groups excluding carboxylic acids is 1. The summed E-state index contributed by atoms with van der Waals surface area (Å²) in [6.07, 6.45) is 4.59. The number of hydrogen-bond donors (Lipinski definition) is 3. The average Bonchev–Trinajstić information content (AvgIpc) is 2.65. The zero-order valence-corrected chi connectivity index (χ0v) is 10.1. The van der Waals surface area contributed by atoms with E-state index < -0.39 is 5.97 Å². The van der Waals surface area contributed by atoms with E-state index >= 15 is 0 Å². The Hall–Kier alpha value is -1.10. The van der Waals surface area contributed by atoms with Gasteiger partial charge in [-0.25, -0.2) is 0 Å². The van der Waals surface area contributed by atoms with Gasteiger partial charge in [0.25, 0.3) is 0 Å². The molecule has 98 valence electrons. The van der Waals surface area contributed by atoms with Gasteiger partial charge in [0, 0.05) is 19.6 Å². The number of aliphatic carboxylic acids is 1. The van der Waals surface area contributed by atoms with Crippen LogP contribution in [0.5, 0.6) is 0 Å². The number of carboxylic acids is 1. The first-order chi connectivity index (χ1) is 8.08. The highest BCUT2D eigenvalue weighted by Crippen LogP contribution is 2.43. The molecule has 0 unspecified atom stereocenters. The van der Waals surface area contributed by atoms with Crippen LogP contribution < -0.4 is 5.32 Å². The van der Waals surface area contributed by atoms with Gasteiger partial charge in [-0.2, -0.15) is 0 Å². The van der Waals surface area contributed by atoms with Crippen molar-refractivity contribution < 1.29 is 19.8 Å². The first-order valence-corrected chi connectivity index (χ1v) is 6.17. The molecule has 0 saturated heterocycles. The number of nitrogens with one attached hydrogen (secondary N) is 1. The van der Waals surface area contributed by atoms with Crippen LogP contribution in [0.25, 0.3) is 0 Å². The summed E-state index contributed by atoms with van der Waals surface area (Å²) in [5.74, 6) is -0.920. The average molecular weight is 243 g/mol. The molecule has 5 heteroatoms. The van der Waals surface area contributed by atoms with Crippen LogP contribution in [0.1, 0.15) is 44.9 Å². The Labute approximate surface area is 101 Å². The summed E-state index contributed by atoms with van der Waals surface area (Å²) in [6.45, 7) is 0.513. The topological polar surface area (TPSA) is 86.6 Å². The summed E-state index contributed by atoms with van der Waals surface area (Å²) >= 11 is 0. The minimum Gasteiger partial charge on any atom is -0.481 e. The SMILES string of the molecule is O=C(O)CC1(CC(=O)NCCCO)CCCC1. The number of carboxylic acid groups (broad SMARTS) is 1. The van der Waals surface area contributed by atoms with E-state index in [1.54, 1.807) is 0 Å².